The first-order valence-electron chi connectivity index (χ1n) is 6.56. The summed E-state index contributed by atoms with van der Waals surface area (Å²) in [5.74, 6) is 2.83. The van der Waals surface area contributed by atoms with Crippen LogP contribution in [-0.2, 0) is 0 Å². The van der Waals surface area contributed by atoms with Gasteiger partial charge in [0.1, 0.15) is 0 Å². The molecule has 1 aliphatic heterocycles. The fraction of sp³-hybridized carbons (Fsp3) is 0.200. The molecule has 1 unspecified atom stereocenters. The predicted octanol–water partition coefficient (Wildman–Crippen LogP) is 3.71. The average Bonchev–Trinajstić information content (AvgIpc) is 3.09. The van der Waals surface area contributed by atoms with E-state index in [9.17, 15) is 0 Å². The van der Waals surface area contributed by atoms with Crippen molar-refractivity contribution in [2.24, 2.45) is 0 Å². The Hall–Kier alpha value is -1.46. The van der Waals surface area contributed by atoms with Crippen LogP contribution >= 0.6 is 23.5 Å². The van der Waals surface area contributed by atoms with Gasteiger partial charge in [0.2, 0.25) is 0 Å². The number of rotatable bonds is 3. The van der Waals surface area contributed by atoms with Crippen molar-refractivity contribution in [3.8, 4) is 0 Å². The normalized spacial score (nSPS) is 17.5. The molecule has 5 heteroatoms. The molecule has 1 aliphatic rings. The fourth-order valence-corrected chi connectivity index (χ4v) is 4.90. The third kappa shape index (κ3) is 2.11. The molecular formula is C15H13N3S2. The molecule has 0 spiro atoms. The highest BCUT2D eigenvalue weighted by Gasteiger charge is 2.23. The van der Waals surface area contributed by atoms with E-state index in [1.54, 1.807) is 11.8 Å². The molecule has 0 bridgehead atoms. The van der Waals surface area contributed by atoms with E-state index in [4.69, 9.17) is 0 Å². The van der Waals surface area contributed by atoms with Crippen LogP contribution in [0.25, 0.3) is 5.65 Å². The zero-order chi connectivity index (χ0) is 13.4. The molecule has 2 aromatic heterocycles. The summed E-state index contributed by atoms with van der Waals surface area (Å²) in [6.07, 6.45) is 2.02. The first-order valence-corrected chi connectivity index (χ1v) is 8.53. The lowest BCUT2D eigenvalue weighted by Gasteiger charge is -2.09. The molecular weight excluding hydrogens is 286 g/mol. The lowest BCUT2D eigenvalue weighted by Crippen LogP contribution is -2.01. The highest BCUT2D eigenvalue weighted by Crippen LogP contribution is 2.41. The Labute approximate surface area is 125 Å². The first kappa shape index (κ1) is 12.3. The molecule has 4 rings (SSSR count). The molecule has 0 aliphatic carbocycles. The van der Waals surface area contributed by atoms with E-state index in [0.29, 0.717) is 5.92 Å². The molecule has 3 heterocycles. The Morgan fingerprint density at radius 3 is 3.05 bits per heavy atom. The molecule has 0 N–H and O–H groups in total. The second kappa shape index (κ2) is 5.14. The summed E-state index contributed by atoms with van der Waals surface area (Å²) >= 11 is 3.75. The average molecular weight is 299 g/mol. The number of hydrogen-bond donors (Lipinski definition) is 0. The van der Waals surface area contributed by atoms with Crippen LogP contribution < -0.4 is 0 Å². The summed E-state index contributed by atoms with van der Waals surface area (Å²) in [4.78, 5) is 1.43. The van der Waals surface area contributed by atoms with Gasteiger partial charge in [0.15, 0.2) is 10.8 Å². The minimum atomic E-state index is 0.609. The maximum atomic E-state index is 4.28. The van der Waals surface area contributed by atoms with Gasteiger partial charge >= 0.3 is 0 Å². The Kier molecular flexibility index (Phi) is 3.16. The highest BCUT2D eigenvalue weighted by molar-refractivity contribution is 8.00. The van der Waals surface area contributed by atoms with E-state index in [0.717, 1.165) is 16.6 Å². The molecule has 3 aromatic rings. The molecule has 100 valence electrons. The number of pyridine rings is 1. The monoisotopic (exact) mass is 299 g/mol. The van der Waals surface area contributed by atoms with Crippen LogP contribution in [0, 0.1) is 0 Å². The van der Waals surface area contributed by atoms with E-state index in [1.807, 2.05) is 36.2 Å². The summed E-state index contributed by atoms with van der Waals surface area (Å²) in [6, 6.07) is 14.7. The van der Waals surface area contributed by atoms with Crippen LogP contribution in [0.15, 0.2) is 58.7 Å². The minimum Gasteiger partial charge on any atom is -0.277 e. The largest absolute Gasteiger partial charge is 0.277 e. The molecule has 20 heavy (non-hydrogen) atoms. The van der Waals surface area contributed by atoms with Crippen molar-refractivity contribution in [1.29, 1.82) is 0 Å². The molecule has 0 amide bonds. The van der Waals surface area contributed by atoms with Crippen LogP contribution in [0.4, 0.5) is 0 Å². The smallest absolute Gasteiger partial charge is 0.195 e. The number of hydrogen-bond acceptors (Lipinski definition) is 4. The zero-order valence-electron chi connectivity index (χ0n) is 10.8. The van der Waals surface area contributed by atoms with Gasteiger partial charge in [0.25, 0.3) is 0 Å². The van der Waals surface area contributed by atoms with Crippen molar-refractivity contribution in [3.63, 3.8) is 0 Å². The van der Waals surface area contributed by atoms with E-state index in [1.165, 1.54) is 16.2 Å². The summed E-state index contributed by atoms with van der Waals surface area (Å²) < 4.78 is 2.05. The van der Waals surface area contributed by atoms with E-state index >= 15 is 0 Å². The van der Waals surface area contributed by atoms with E-state index in [-0.39, 0.29) is 0 Å². The summed E-state index contributed by atoms with van der Waals surface area (Å²) in [5, 5.41) is 9.46. The van der Waals surface area contributed by atoms with Crippen molar-refractivity contribution >= 4 is 29.2 Å². The van der Waals surface area contributed by atoms with Gasteiger partial charge in [-0.15, -0.1) is 22.0 Å². The van der Waals surface area contributed by atoms with Crippen molar-refractivity contribution in [2.45, 2.75) is 16.0 Å². The summed E-state index contributed by atoms with van der Waals surface area (Å²) in [5.41, 5.74) is 2.40. The van der Waals surface area contributed by atoms with Gasteiger partial charge < -0.3 is 0 Å². The lowest BCUT2D eigenvalue weighted by molar-refractivity contribution is 0.877. The summed E-state index contributed by atoms with van der Waals surface area (Å²) in [6.45, 7) is 0. The zero-order valence-corrected chi connectivity index (χ0v) is 12.4. The molecule has 0 saturated heterocycles. The second-order valence-electron chi connectivity index (χ2n) is 4.77. The number of benzene rings is 1. The van der Waals surface area contributed by atoms with Gasteiger partial charge in [-0.25, -0.2) is 0 Å². The fourth-order valence-electron chi connectivity index (χ4n) is 2.46. The quantitative estimate of drug-likeness (QED) is 0.690. The van der Waals surface area contributed by atoms with Gasteiger partial charge in [-0.3, -0.25) is 4.40 Å². The Morgan fingerprint density at radius 2 is 2.05 bits per heavy atom. The number of aromatic nitrogens is 3. The molecule has 1 atom stereocenters. The van der Waals surface area contributed by atoms with Gasteiger partial charge in [-0.2, -0.15) is 0 Å². The molecule has 0 radical (unpaired) electrons. The van der Waals surface area contributed by atoms with Crippen LogP contribution in [0.3, 0.4) is 0 Å². The summed E-state index contributed by atoms with van der Waals surface area (Å²) in [7, 11) is 0. The first-order chi connectivity index (χ1) is 9.92. The topological polar surface area (TPSA) is 30.2 Å². The maximum Gasteiger partial charge on any atom is 0.195 e. The van der Waals surface area contributed by atoms with E-state index in [2.05, 4.69) is 38.9 Å². The van der Waals surface area contributed by atoms with Crippen molar-refractivity contribution in [1.82, 2.24) is 14.6 Å². The minimum absolute atomic E-state index is 0.609. The Morgan fingerprint density at radius 1 is 1.15 bits per heavy atom. The van der Waals surface area contributed by atoms with Crippen molar-refractivity contribution in [2.75, 3.05) is 11.5 Å². The molecule has 0 saturated carbocycles. The van der Waals surface area contributed by atoms with Gasteiger partial charge in [-0.1, -0.05) is 36.0 Å². The number of thioether (sulfide) groups is 2. The molecule has 1 aromatic carbocycles. The molecule has 3 nitrogen and oxygen atoms in total. The third-order valence-electron chi connectivity index (χ3n) is 3.49. The van der Waals surface area contributed by atoms with Crippen molar-refractivity contribution in [3.05, 3.63) is 54.2 Å². The lowest BCUT2D eigenvalue weighted by atomic mass is 10.0. The number of fused-ring (bicyclic) bond motifs is 2. The van der Waals surface area contributed by atoms with Crippen LogP contribution in [0.5, 0.6) is 0 Å². The van der Waals surface area contributed by atoms with Crippen molar-refractivity contribution < 1.29 is 0 Å². The standard InChI is InChI=1S/C15H13N3S2/c1-2-6-13-12(5-1)11(9-19-13)10-20-15-17-16-14-7-3-4-8-18(14)15/h1-8,11H,9-10H2. The van der Waals surface area contributed by atoms with Crippen LogP contribution in [0.1, 0.15) is 11.5 Å². The van der Waals surface area contributed by atoms with Gasteiger partial charge in [-0.05, 0) is 23.8 Å². The molecule has 0 fully saturated rings. The maximum absolute atomic E-state index is 4.28. The van der Waals surface area contributed by atoms with Crippen LogP contribution in [-0.4, -0.2) is 26.1 Å². The second-order valence-corrected chi connectivity index (χ2v) is 6.82. The van der Waals surface area contributed by atoms with Gasteiger partial charge in [0, 0.05) is 28.5 Å². The van der Waals surface area contributed by atoms with Crippen LogP contribution in [0.2, 0.25) is 0 Å². The van der Waals surface area contributed by atoms with Gasteiger partial charge in [0.05, 0.1) is 0 Å². The third-order valence-corrected chi connectivity index (χ3v) is 5.85. The van der Waals surface area contributed by atoms with E-state index < -0.39 is 0 Å². The Balaban J connectivity index is 1.54. The highest BCUT2D eigenvalue weighted by atomic mass is 32.2. The SMILES string of the molecule is c1ccc2c(c1)SCC2CSc1nnc2ccccn12. The predicted molar refractivity (Wildman–Crippen MR) is 83.6 cm³/mol. The number of nitrogens with zero attached hydrogens (tertiary/aromatic N) is 3. The Bertz CT molecular complexity index is 753.